The van der Waals surface area contributed by atoms with Crippen LogP contribution in [0.2, 0.25) is 0 Å². The van der Waals surface area contributed by atoms with Crippen LogP contribution in [0.3, 0.4) is 0 Å². The van der Waals surface area contributed by atoms with Crippen LogP contribution in [-0.4, -0.2) is 22.4 Å². The van der Waals surface area contributed by atoms with E-state index in [9.17, 15) is 0 Å². The van der Waals surface area contributed by atoms with Gasteiger partial charge in [-0.3, -0.25) is 0 Å². The van der Waals surface area contributed by atoms with Crippen molar-refractivity contribution in [3.63, 3.8) is 0 Å². The van der Waals surface area contributed by atoms with Crippen molar-refractivity contribution in [1.29, 1.82) is 0 Å². The molecule has 3 nitrogen and oxygen atoms in total. The number of aryl methyl sites for hydroxylation is 1. The van der Waals surface area contributed by atoms with Crippen LogP contribution in [0.15, 0.2) is 6.33 Å². The SMILES string of the molecule is CC(CCCl)CNc1ncnc2c1CCCCC2. The average molecular weight is 268 g/mol. The minimum absolute atomic E-state index is 0.582. The largest absolute Gasteiger partial charge is 0.369 e. The summed E-state index contributed by atoms with van der Waals surface area (Å²) in [7, 11) is 0. The van der Waals surface area contributed by atoms with Crippen LogP contribution in [0.5, 0.6) is 0 Å². The number of fused-ring (bicyclic) bond motifs is 1. The lowest BCUT2D eigenvalue weighted by molar-refractivity contribution is 0.595. The van der Waals surface area contributed by atoms with Crippen LogP contribution in [-0.2, 0) is 12.8 Å². The monoisotopic (exact) mass is 267 g/mol. The van der Waals surface area contributed by atoms with Gasteiger partial charge in [-0.1, -0.05) is 13.3 Å². The molecule has 1 atom stereocenters. The molecule has 1 aliphatic rings. The van der Waals surface area contributed by atoms with E-state index in [2.05, 4.69) is 22.2 Å². The summed E-state index contributed by atoms with van der Waals surface area (Å²) in [5.74, 6) is 2.35. The zero-order valence-electron chi connectivity index (χ0n) is 11.1. The van der Waals surface area contributed by atoms with Gasteiger partial charge < -0.3 is 5.32 Å². The van der Waals surface area contributed by atoms with Gasteiger partial charge in [-0.2, -0.15) is 0 Å². The molecule has 0 fully saturated rings. The van der Waals surface area contributed by atoms with E-state index in [1.54, 1.807) is 6.33 Å². The maximum Gasteiger partial charge on any atom is 0.132 e. The smallest absolute Gasteiger partial charge is 0.132 e. The van der Waals surface area contributed by atoms with E-state index in [0.29, 0.717) is 5.92 Å². The summed E-state index contributed by atoms with van der Waals surface area (Å²) in [4.78, 5) is 8.84. The fraction of sp³-hybridized carbons (Fsp3) is 0.714. The summed E-state index contributed by atoms with van der Waals surface area (Å²) in [5.41, 5.74) is 2.59. The van der Waals surface area contributed by atoms with Gasteiger partial charge in [0.25, 0.3) is 0 Å². The van der Waals surface area contributed by atoms with Crippen molar-refractivity contribution in [2.24, 2.45) is 5.92 Å². The molecule has 0 spiro atoms. The minimum atomic E-state index is 0.582. The zero-order chi connectivity index (χ0) is 12.8. The molecule has 1 N–H and O–H groups in total. The van der Waals surface area contributed by atoms with Gasteiger partial charge in [0.2, 0.25) is 0 Å². The summed E-state index contributed by atoms with van der Waals surface area (Å²) < 4.78 is 0. The molecule has 0 bridgehead atoms. The fourth-order valence-corrected chi connectivity index (χ4v) is 2.78. The number of aromatic nitrogens is 2. The normalized spacial score (nSPS) is 16.8. The van der Waals surface area contributed by atoms with Gasteiger partial charge in [0, 0.05) is 23.7 Å². The van der Waals surface area contributed by atoms with Crippen molar-refractivity contribution >= 4 is 17.4 Å². The van der Waals surface area contributed by atoms with Gasteiger partial charge in [-0.25, -0.2) is 9.97 Å². The predicted molar refractivity (Wildman–Crippen MR) is 76.3 cm³/mol. The Morgan fingerprint density at radius 1 is 1.28 bits per heavy atom. The second-order valence-corrected chi connectivity index (χ2v) is 5.55. The van der Waals surface area contributed by atoms with Crippen molar-refractivity contribution in [3.8, 4) is 0 Å². The van der Waals surface area contributed by atoms with E-state index in [4.69, 9.17) is 11.6 Å². The Bertz CT molecular complexity index is 381. The highest BCUT2D eigenvalue weighted by Crippen LogP contribution is 2.24. The molecule has 18 heavy (non-hydrogen) atoms. The number of hydrogen-bond acceptors (Lipinski definition) is 3. The molecule has 1 heterocycles. The van der Waals surface area contributed by atoms with Gasteiger partial charge in [-0.15, -0.1) is 11.6 Å². The molecular formula is C14H22ClN3. The maximum absolute atomic E-state index is 5.76. The molecule has 0 aromatic carbocycles. The molecular weight excluding hydrogens is 246 g/mol. The van der Waals surface area contributed by atoms with Crippen LogP contribution < -0.4 is 5.32 Å². The average Bonchev–Trinajstić information content (AvgIpc) is 2.62. The van der Waals surface area contributed by atoms with Gasteiger partial charge >= 0.3 is 0 Å². The third-order valence-corrected chi connectivity index (χ3v) is 3.81. The molecule has 1 aromatic heterocycles. The fourth-order valence-electron chi connectivity index (χ4n) is 2.41. The maximum atomic E-state index is 5.76. The molecule has 0 radical (unpaired) electrons. The molecule has 0 saturated carbocycles. The first kappa shape index (κ1) is 13.6. The topological polar surface area (TPSA) is 37.8 Å². The van der Waals surface area contributed by atoms with Crippen LogP contribution in [0.1, 0.15) is 43.9 Å². The number of nitrogens with zero attached hydrogens (tertiary/aromatic N) is 2. The molecule has 1 aromatic rings. The quantitative estimate of drug-likeness (QED) is 0.656. The van der Waals surface area contributed by atoms with E-state index in [1.165, 1.54) is 30.5 Å². The molecule has 1 unspecified atom stereocenters. The Morgan fingerprint density at radius 2 is 2.11 bits per heavy atom. The summed E-state index contributed by atoms with van der Waals surface area (Å²) in [6, 6.07) is 0. The minimum Gasteiger partial charge on any atom is -0.369 e. The highest BCUT2D eigenvalue weighted by molar-refractivity contribution is 6.17. The Kier molecular flexibility index (Phi) is 5.24. The number of rotatable bonds is 5. The predicted octanol–water partition coefficient (Wildman–Crippen LogP) is 3.42. The lowest BCUT2D eigenvalue weighted by Gasteiger charge is -2.15. The molecule has 1 aliphatic carbocycles. The molecule has 0 amide bonds. The van der Waals surface area contributed by atoms with E-state index in [1.807, 2.05) is 0 Å². The first-order valence-corrected chi connectivity index (χ1v) is 7.47. The summed E-state index contributed by atoms with van der Waals surface area (Å²) in [6.45, 7) is 3.16. The highest BCUT2D eigenvalue weighted by atomic mass is 35.5. The van der Waals surface area contributed by atoms with E-state index >= 15 is 0 Å². The third kappa shape index (κ3) is 3.58. The van der Waals surface area contributed by atoms with Crippen LogP contribution in [0.4, 0.5) is 5.82 Å². The first-order chi connectivity index (χ1) is 8.81. The molecule has 0 aliphatic heterocycles. The number of nitrogens with one attached hydrogen (secondary N) is 1. The van der Waals surface area contributed by atoms with Crippen molar-refractivity contribution in [2.45, 2.75) is 45.4 Å². The highest BCUT2D eigenvalue weighted by Gasteiger charge is 2.14. The van der Waals surface area contributed by atoms with Crippen molar-refractivity contribution in [3.05, 3.63) is 17.6 Å². The van der Waals surface area contributed by atoms with Crippen molar-refractivity contribution in [2.75, 3.05) is 17.7 Å². The van der Waals surface area contributed by atoms with Crippen LogP contribution in [0, 0.1) is 5.92 Å². The Balaban J connectivity index is 2.04. The van der Waals surface area contributed by atoms with Crippen LogP contribution in [0.25, 0.3) is 0 Å². The van der Waals surface area contributed by atoms with Crippen molar-refractivity contribution in [1.82, 2.24) is 9.97 Å². The van der Waals surface area contributed by atoms with Crippen LogP contribution >= 0.6 is 11.6 Å². The summed E-state index contributed by atoms with van der Waals surface area (Å²) in [6.07, 6.45) is 8.77. The molecule has 100 valence electrons. The third-order valence-electron chi connectivity index (χ3n) is 3.59. The van der Waals surface area contributed by atoms with E-state index in [0.717, 1.165) is 37.5 Å². The zero-order valence-corrected chi connectivity index (χ0v) is 11.8. The molecule has 0 saturated heterocycles. The van der Waals surface area contributed by atoms with Gasteiger partial charge in [0.1, 0.15) is 12.1 Å². The number of halogens is 1. The number of anilines is 1. The number of alkyl halides is 1. The second-order valence-electron chi connectivity index (χ2n) is 5.17. The lowest BCUT2D eigenvalue weighted by atomic mass is 10.1. The Morgan fingerprint density at radius 3 is 2.94 bits per heavy atom. The Hall–Kier alpha value is -0.830. The van der Waals surface area contributed by atoms with Gasteiger partial charge in [0.05, 0.1) is 0 Å². The summed E-state index contributed by atoms with van der Waals surface area (Å²) >= 11 is 5.76. The lowest BCUT2D eigenvalue weighted by Crippen LogP contribution is -2.15. The van der Waals surface area contributed by atoms with Gasteiger partial charge in [0.15, 0.2) is 0 Å². The van der Waals surface area contributed by atoms with E-state index in [-0.39, 0.29) is 0 Å². The summed E-state index contributed by atoms with van der Waals surface area (Å²) in [5, 5.41) is 3.48. The standard InChI is InChI=1S/C14H22ClN3/c1-11(7-8-15)9-16-14-12-5-3-2-4-6-13(12)17-10-18-14/h10-11H,2-9H2,1H3,(H,16,17,18). The Labute approximate surface area is 114 Å². The van der Waals surface area contributed by atoms with Crippen molar-refractivity contribution < 1.29 is 0 Å². The van der Waals surface area contributed by atoms with Gasteiger partial charge in [-0.05, 0) is 38.0 Å². The first-order valence-electron chi connectivity index (χ1n) is 6.94. The van der Waals surface area contributed by atoms with E-state index < -0.39 is 0 Å². The molecule has 2 rings (SSSR count). The second kappa shape index (κ2) is 6.93. The number of hydrogen-bond donors (Lipinski definition) is 1. The molecule has 4 heteroatoms.